The van der Waals surface area contributed by atoms with Gasteiger partial charge in [-0.1, -0.05) is 6.08 Å². The van der Waals surface area contributed by atoms with E-state index in [1.54, 1.807) is 30.3 Å². The third-order valence-corrected chi connectivity index (χ3v) is 4.92. The molecule has 1 aromatic carbocycles. The van der Waals surface area contributed by atoms with E-state index in [2.05, 4.69) is 21.6 Å². The Labute approximate surface area is 142 Å². The van der Waals surface area contributed by atoms with Crippen LogP contribution in [-0.4, -0.2) is 27.1 Å². The van der Waals surface area contributed by atoms with Gasteiger partial charge in [0.05, 0.1) is 19.0 Å². The fourth-order valence-electron chi connectivity index (χ4n) is 2.08. The molecular formula is C17H21N3O3S. The summed E-state index contributed by atoms with van der Waals surface area (Å²) in [4.78, 5) is 4.25. The Morgan fingerprint density at radius 2 is 1.96 bits per heavy atom. The van der Waals surface area contributed by atoms with Crippen LogP contribution >= 0.6 is 0 Å². The van der Waals surface area contributed by atoms with Gasteiger partial charge in [0, 0.05) is 6.54 Å². The molecule has 0 saturated heterocycles. The zero-order valence-electron chi connectivity index (χ0n) is 14.0. The van der Waals surface area contributed by atoms with Crippen molar-refractivity contribution >= 4 is 21.5 Å². The van der Waals surface area contributed by atoms with E-state index in [1.165, 1.54) is 13.3 Å². The fraction of sp³-hybridized carbons (Fsp3) is 0.235. The monoisotopic (exact) mass is 347 g/mol. The maximum absolute atomic E-state index is 12.7. The molecule has 2 aromatic rings. The van der Waals surface area contributed by atoms with E-state index in [0.29, 0.717) is 23.8 Å². The first-order valence-corrected chi connectivity index (χ1v) is 8.84. The average molecular weight is 347 g/mol. The summed E-state index contributed by atoms with van der Waals surface area (Å²) in [6.45, 7) is 7.95. The first-order chi connectivity index (χ1) is 11.4. The molecule has 0 fully saturated rings. The number of nitrogens with one attached hydrogen (secondary N) is 2. The van der Waals surface area contributed by atoms with E-state index in [0.717, 1.165) is 11.1 Å². The van der Waals surface area contributed by atoms with Crippen LogP contribution in [0.5, 0.6) is 5.75 Å². The van der Waals surface area contributed by atoms with E-state index < -0.39 is 10.0 Å². The van der Waals surface area contributed by atoms with E-state index >= 15 is 0 Å². The lowest BCUT2D eigenvalue weighted by Crippen LogP contribution is -2.15. The number of pyridine rings is 1. The summed E-state index contributed by atoms with van der Waals surface area (Å²) < 4.78 is 33.0. The normalized spacial score (nSPS) is 11.0. The van der Waals surface area contributed by atoms with Gasteiger partial charge >= 0.3 is 0 Å². The van der Waals surface area contributed by atoms with Crippen LogP contribution in [0.4, 0.5) is 11.5 Å². The van der Waals surface area contributed by atoms with Crippen molar-refractivity contribution in [2.24, 2.45) is 0 Å². The highest BCUT2D eigenvalue weighted by atomic mass is 32.2. The molecule has 128 valence electrons. The molecule has 1 heterocycles. The van der Waals surface area contributed by atoms with Crippen molar-refractivity contribution in [1.82, 2.24) is 4.98 Å². The van der Waals surface area contributed by atoms with Crippen molar-refractivity contribution in [3.63, 3.8) is 0 Å². The number of ether oxygens (including phenoxy) is 1. The highest BCUT2D eigenvalue weighted by Crippen LogP contribution is 2.28. The molecule has 0 spiro atoms. The van der Waals surface area contributed by atoms with Gasteiger partial charge in [-0.05, 0) is 49.2 Å². The second kappa shape index (κ2) is 7.35. The molecular weight excluding hydrogens is 326 g/mol. The molecule has 0 bridgehead atoms. The maximum atomic E-state index is 12.7. The molecule has 0 aliphatic heterocycles. The zero-order chi connectivity index (χ0) is 17.7. The molecule has 6 nitrogen and oxygen atoms in total. The molecule has 0 saturated carbocycles. The van der Waals surface area contributed by atoms with Crippen LogP contribution in [0.1, 0.15) is 11.1 Å². The molecule has 2 rings (SSSR count). The Hall–Kier alpha value is -2.54. The van der Waals surface area contributed by atoms with Gasteiger partial charge in [-0.15, -0.1) is 6.58 Å². The molecule has 0 aliphatic rings. The molecule has 24 heavy (non-hydrogen) atoms. The van der Waals surface area contributed by atoms with Gasteiger partial charge < -0.3 is 10.1 Å². The minimum absolute atomic E-state index is 0.0990. The van der Waals surface area contributed by atoms with Gasteiger partial charge in [0.25, 0.3) is 10.0 Å². The molecule has 0 atom stereocenters. The molecule has 0 unspecified atom stereocenters. The number of methoxy groups -OCH3 is 1. The third-order valence-electron chi connectivity index (χ3n) is 3.51. The number of benzene rings is 1. The topological polar surface area (TPSA) is 80.3 Å². The van der Waals surface area contributed by atoms with Crippen LogP contribution in [0.2, 0.25) is 0 Å². The Morgan fingerprint density at radius 1 is 1.25 bits per heavy atom. The van der Waals surface area contributed by atoms with Gasteiger partial charge in [-0.2, -0.15) is 0 Å². The van der Waals surface area contributed by atoms with Crippen LogP contribution in [0.3, 0.4) is 0 Å². The zero-order valence-corrected chi connectivity index (χ0v) is 14.8. The smallest absolute Gasteiger partial charge is 0.265 e. The van der Waals surface area contributed by atoms with Gasteiger partial charge in [0.1, 0.15) is 16.5 Å². The third kappa shape index (κ3) is 4.05. The number of sulfonamides is 1. The lowest BCUT2D eigenvalue weighted by atomic mass is 10.1. The van der Waals surface area contributed by atoms with Crippen LogP contribution in [0, 0.1) is 13.8 Å². The van der Waals surface area contributed by atoms with E-state index in [9.17, 15) is 8.42 Å². The Bertz CT molecular complexity index is 831. The molecule has 0 amide bonds. The average Bonchev–Trinajstić information content (AvgIpc) is 2.56. The van der Waals surface area contributed by atoms with Gasteiger partial charge in [0.2, 0.25) is 0 Å². The molecule has 7 heteroatoms. The van der Waals surface area contributed by atoms with Crippen molar-refractivity contribution in [2.75, 3.05) is 23.7 Å². The largest absolute Gasteiger partial charge is 0.495 e. The number of hydrogen-bond acceptors (Lipinski definition) is 5. The standard InChI is InChI=1S/C17H21N3O3S/c1-5-8-18-17-7-6-14(11-19-17)20-24(21,22)16-10-13(3)12(2)9-15(16)23-4/h5-7,9-11,20H,1,8H2,2-4H3,(H,18,19). The predicted molar refractivity (Wildman–Crippen MR) is 96.2 cm³/mol. The van der Waals surface area contributed by atoms with Crippen LogP contribution in [0.25, 0.3) is 0 Å². The summed E-state index contributed by atoms with van der Waals surface area (Å²) in [5.41, 5.74) is 2.21. The van der Waals surface area contributed by atoms with Crippen molar-refractivity contribution in [1.29, 1.82) is 0 Å². The second-order valence-corrected chi connectivity index (χ2v) is 6.95. The maximum Gasteiger partial charge on any atom is 0.265 e. The second-order valence-electron chi connectivity index (χ2n) is 5.29. The summed E-state index contributed by atoms with van der Waals surface area (Å²) in [6.07, 6.45) is 3.17. The molecule has 2 N–H and O–H groups in total. The van der Waals surface area contributed by atoms with E-state index in [-0.39, 0.29) is 4.90 Å². The Balaban J connectivity index is 2.28. The summed E-state index contributed by atoms with van der Waals surface area (Å²) in [5.74, 6) is 0.949. The number of rotatable bonds is 7. The summed E-state index contributed by atoms with van der Waals surface area (Å²) >= 11 is 0. The first kappa shape index (κ1) is 17.8. The van der Waals surface area contributed by atoms with Crippen LogP contribution in [0.15, 0.2) is 48.0 Å². The molecule has 0 aliphatic carbocycles. The summed E-state index contributed by atoms with van der Waals surface area (Å²) in [5, 5.41) is 3.02. The molecule has 0 radical (unpaired) electrons. The minimum atomic E-state index is -3.78. The number of anilines is 2. The summed E-state index contributed by atoms with van der Waals surface area (Å²) in [7, 11) is -2.33. The Morgan fingerprint density at radius 3 is 2.54 bits per heavy atom. The van der Waals surface area contributed by atoms with Crippen LogP contribution < -0.4 is 14.8 Å². The summed E-state index contributed by atoms with van der Waals surface area (Å²) in [6, 6.07) is 6.65. The van der Waals surface area contributed by atoms with Gasteiger partial charge in [-0.25, -0.2) is 13.4 Å². The number of hydrogen-bond donors (Lipinski definition) is 2. The van der Waals surface area contributed by atoms with Gasteiger partial charge in [0.15, 0.2) is 0 Å². The van der Waals surface area contributed by atoms with Crippen molar-refractivity contribution in [3.05, 3.63) is 54.2 Å². The van der Waals surface area contributed by atoms with E-state index in [4.69, 9.17) is 4.74 Å². The van der Waals surface area contributed by atoms with E-state index in [1.807, 2.05) is 13.8 Å². The highest BCUT2D eigenvalue weighted by Gasteiger charge is 2.21. The van der Waals surface area contributed by atoms with Crippen molar-refractivity contribution in [2.45, 2.75) is 18.7 Å². The highest BCUT2D eigenvalue weighted by molar-refractivity contribution is 7.92. The Kier molecular flexibility index (Phi) is 5.46. The van der Waals surface area contributed by atoms with Gasteiger partial charge in [-0.3, -0.25) is 4.72 Å². The quantitative estimate of drug-likeness (QED) is 0.752. The SMILES string of the molecule is C=CCNc1ccc(NS(=O)(=O)c2cc(C)c(C)cc2OC)cn1. The number of nitrogens with zero attached hydrogens (tertiary/aromatic N) is 1. The van der Waals surface area contributed by atoms with Crippen LogP contribution in [-0.2, 0) is 10.0 Å². The predicted octanol–water partition coefficient (Wildman–Crippen LogP) is 3.11. The molecule has 1 aromatic heterocycles. The lowest BCUT2D eigenvalue weighted by molar-refractivity contribution is 0.402. The number of aryl methyl sites for hydroxylation is 2. The fourth-order valence-corrected chi connectivity index (χ4v) is 3.36. The van der Waals surface area contributed by atoms with Crippen molar-refractivity contribution in [3.8, 4) is 5.75 Å². The lowest BCUT2D eigenvalue weighted by Gasteiger charge is -2.14. The first-order valence-electron chi connectivity index (χ1n) is 7.36. The van der Waals surface area contributed by atoms with Crippen molar-refractivity contribution < 1.29 is 13.2 Å². The number of aromatic nitrogens is 1. The minimum Gasteiger partial charge on any atom is -0.495 e.